The van der Waals surface area contributed by atoms with Gasteiger partial charge in [0.1, 0.15) is 5.78 Å². The summed E-state index contributed by atoms with van der Waals surface area (Å²) in [6.45, 7) is 6.07. The largest absolute Gasteiger partial charge is 0.299 e. The Kier molecular flexibility index (Phi) is 4.89. The number of carbonyl (C=O) groups is 1. The van der Waals surface area contributed by atoms with E-state index in [0.29, 0.717) is 17.5 Å². The van der Waals surface area contributed by atoms with Gasteiger partial charge < -0.3 is 0 Å². The molecule has 0 aromatic heterocycles. The predicted octanol–water partition coefficient (Wildman–Crippen LogP) is 3.78. The number of benzene rings is 1. The molecule has 82 valence electrons. The van der Waals surface area contributed by atoms with Crippen molar-refractivity contribution in [3.8, 4) is 0 Å². The maximum absolute atomic E-state index is 11.5. The molecule has 1 aromatic rings. The first kappa shape index (κ1) is 12.3. The van der Waals surface area contributed by atoms with E-state index in [1.807, 2.05) is 32.0 Å². The van der Waals surface area contributed by atoms with Gasteiger partial charge in [0, 0.05) is 22.5 Å². The fourth-order valence-corrected chi connectivity index (χ4v) is 2.50. The average molecular weight is 222 g/mol. The molecule has 0 heterocycles. The maximum Gasteiger partial charge on any atom is 0.136 e. The van der Waals surface area contributed by atoms with E-state index in [4.69, 9.17) is 0 Å². The van der Waals surface area contributed by atoms with E-state index >= 15 is 0 Å². The summed E-state index contributed by atoms with van der Waals surface area (Å²) in [6.07, 6.45) is 0.640. The number of hydrogen-bond donors (Lipinski definition) is 0. The molecule has 1 aromatic carbocycles. The van der Waals surface area contributed by atoms with Crippen LogP contribution in [0.3, 0.4) is 0 Å². The van der Waals surface area contributed by atoms with Gasteiger partial charge in [-0.1, -0.05) is 39.0 Å². The number of rotatable bonds is 5. The van der Waals surface area contributed by atoms with Crippen molar-refractivity contribution in [1.29, 1.82) is 0 Å². The number of thioether (sulfide) groups is 1. The molecule has 2 heteroatoms. The lowest BCUT2D eigenvalue weighted by Gasteiger charge is -2.17. The van der Waals surface area contributed by atoms with Crippen molar-refractivity contribution in [2.75, 3.05) is 0 Å². The summed E-state index contributed by atoms with van der Waals surface area (Å²) >= 11 is 1.77. The standard InChI is InChI=1S/C13H18OS/c1-4-13(14)10(2)11(3)15-12-8-6-5-7-9-12/h5-11H,4H2,1-3H3. The van der Waals surface area contributed by atoms with Crippen LogP contribution in [0.15, 0.2) is 35.2 Å². The van der Waals surface area contributed by atoms with Crippen LogP contribution in [0, 0.1) is 5.92 Å². The molecule has 0 saturated heterocycles. The second kappa shape index (κ2) is 5.96. The summed E-state index contributed by atoms with van der Waals surface area (Å²) in [4.78, 5) is 12.8. The Morgan fingerprint density at radius 2 is 1.87 bits per heavy atom. The van der Waals surface area contributed by atoms with Crippen molar-refractivity contribution < 1.29 is 4.79 Å². The van der Waals surface area contributed by atoms with Gasteiger partial charge in [0.15, 0.2) is 0 Å². The van der Waals surface area contributed by atoms with Crippen LogP contribution in [-0.2, 0) is 4.79 Å². The molecule has 1 nitrogen and oxygen atoms in total. The van der Waals surface area contributed by atoms with Crippen LogP contribution in [0.1, 0.15) is 27.2 Å². The third-order valence-electron chi connectivity index (χ3n) is 2.63. The molecule has 0 saturated carbocycles. The summed E-state index contributed by atoms with van der Waals surface area (Å²) in [5, 5.41) is 0.347. The molecule has 1 rings (SSSR count). The third kappa shape index (κ3) is 3.71. The molecule has 0 radical (unpaired) electrons. The average Bonchev–Trinajstić information content (AvgIpc) is 2.28. The SMILES string of the molecule is CCC(=O)C(C)C(C)Sc1ccccc1. The van der Waals surface area contributed by atoms with Crippen molar-refractivity contribution in [3.63, 3.8) is 0 Å². The van der Waals surface area contributed by atoms with Gasteiger partial charge in [0.05, 0.1) is 0 Å². The van der Waals surface area contributed by atoms with Gasteiger partial charge in [-0.3, -0.25) is 4.79 Å². The Bertz CT molecular complexity index is 308. The zero-order valence-electron chi connectivity index (χ0n) is 9.57. The highest BCUT2D eigenvalue weighted by Crippen LogP contribution is 2.28. The molecule has 0 aliphatic carbocycles. The first-order valence-electron chi connectivity index (χ1n) is 5.39. The fourth-order valence-electron chi connectivity index (χ4n) is 1.40. The van der Waals surface area contributed by atoms with Crippen LogP contribution < -0.4 is 0 Å². The second-order valence-corrected chi connectivity index (χ2v) is 5.20. The summed E-state index contributed by atoms with van der Waals surface area (Å²) in [6, 6.07) is 10.2. The summed E-state index contributed by atoms with van der Waals surface area (Å²) in [5.74, 6) is 0.492. The van der Waals surface area contributed by atoms with Gasteiger partial charge in [-0.05, 0) is 12.1 Å². The molecule has 2 unspecified atom stereocenters. The molecule has 0 spiro atoms. The van der Waals surface area contributed by atoms with Gasteiger partial charge in [-0.25, -0.2) is 0 Å². The van der Waals surface area contributed by atoms with Gasteiger partial charge in [-0.2, -0.15) is 0 Å². The predicted molar refractivity (Wildman–Crippen MR) is 66.2 cm³/mol. The van der Waals surface area contributed by atoms with Crippen LogP contribution in [-0.4, -0.2) is 11.0 Å². The van der Waals surface area contributed by atoms with Gasteiger partial charge in [0.25, 0.3) is 0 Å². The fraction of sp³-hybridized carbons (Fsp3) is 0.462. The minimum absolute atomic E-state index is 0.139. The molecule has 0 fully saturated rings. The van der Waals surface area contributed by atoms with E-state index in [2.05, 4.69) is 19.1 Å². The van der Waals surface area contributed by atoms with Crippen LogP contribution >= 0.6 is 11.8 Å². The van der Waals surface area contributed by atoms with Gasteiger partial charge in [-0.15, -0.1) is 11.8 Å². The highest BCUT2D eigenvalue weighted by atomic mass is 32.2. The zero-order chi connectivity index (χ0) is 11.3. The van der Waals surface area contributed by atoms with E-state index in [0.717, 1.165) is 0 Å². The van der Waals surface area contributed by atoms with E-state index in [-0.39, 0.29) is 5.92 Å². The monoisotopic (exact) mass is 222 g/mol. The minimum Gasteiger partial charge on any atom is -0.299 e. The first-order chi connectivity index (χ1) is 7.15. The van der Waals surface area contributed by atoms with E-state index in [9.17, 15) is 4.79 Å². The van der Waals surface area contributed by atoms with Crippen LogP contribution in [0.5, 0.6) is 0 Å². The van der Waals surface area contributed by atoms with Gasteiger partial charge in [0.2, 0.25) is 0 Å². The molecule has 15 heavy (non-hydrogen) atoms. The Morgan fingerprint density at radius 3 is 2.40 bits per heavy atom. The highest BCUT2D eigenvalue weighted by molar-refractivity contribution is 8.00. The molecule has 2 atom stereocenters. The van der Waals surface area contributed by atoms with Crippen LogP contribution in [0.25, 0.3) is 0 Å². The molecule has 0 N–H and O–H groups in total. The Hall–Kier alpha value is -0.760. The summed E-state index contributed by atoms with van der Waals surface area (Å²) in [5.41, 5.74) is 0. The summed E-state index contributed by atoms with van der Waals surface area (Å²) in [7, 11) is 0. The molecular formula is C13H18OS. The smallest absolute Gasteiger partial charge is 0.136 e. The maximum atomic E-state index is 11.5. The Morgan fingerprint density at radius 1 is 1.27 bits per heavy atom. The lowest BCUT2D eigenvalue weighted by Crippen LogP contribution is -2.19. The van der Waals surface area contributed by atoms with Crippen molar-refractivity contribution in [3.05, 3.63) is 30.3 Å². The Balaban J connectivity index is 2.56. The number of ketones is 1. The lowest BCUT2D eigenvalue weighted by molar-refractivity contribution is -0.121. The molecule has 0 aliphatic rings. The highest BCUT2D eigenvalue weighted by Gasteiger charge is 2.19. The number of Topliss-reactive ketones (excluding diaryl/α,β-unsaturated/α-hetero) is 1. The van der Waals surface area contributed by atoms with Crippen LogP contribution in [0.4, 0.5) is 0 Å². The van der Waals surface area contributed by atoms with Crippen molar-refractivity contribution in [1.82, 2.24) is 0 Å². The molecule has 0 aliphatic heterocycles. The first-order valence-corrected chi connectivity index (χ1v) is 6.27. The van der Waals surface area contributed by atoms with Crippen molar-refractivity contribution in [2.45, 2.75) is 37.3 Å². The van der Waals surface area contributed by atoms with E-state index in [1.54, 1.807) is 11.8 Å². The minimum atomic E-state index is 0.139. The number of hydrogen-bond acceptors (Lipinski definition) is 2. The molecule has 0 bridgehead atoms. The van der Waals surface area contributed by atoms with Crippen LogP contribution in [0.2, 0.25) is 0 Å². The van der Waals surface area contributed by atoms with Gasteiger partial charge >= 0.3 is 0 Å². The van der Waals surface area contributed by atoms with E-state index < -0.39 is 0 Å². The molecular weight excluding hydrogens is 204 g/mol. The lowest BCUT2D eigenvalue weighted by atomic mass is 10.0. The Labute approximate surface area is 96.3 Å². The van der Waals surface area contributed by atoms with E-state index in [1.165, 1.54) is 4.90 Å². The zero-order valence-corrected chi connectivity index (χ0v) is 10.4. The second-order valence-electron chi connectivity index (χ2n) is 3.74. The normalized spacial score (nSPS) is 14.6. The molecule has 0 amide bonds. The van der Waals surface area contributed by atoms with Crippen molar-refractivity contribution in [2.24, 2.45) is 5.92 Å². The topological polar surface area (TPSA) is 17.1 Å². The number of carbonyl (C=O) groups excluding carboxylic acids is 1. The van der Waals surface area contributed by atoms with Crippen molar-refractivity contribution >= 4 is 17.5 Å². The quantitative estimate of drug-likeness (QED) is 0.705. The third-order valence-corrected chi connectivity index (χ3v) is 3.95. The summed E-state index contributed by atoms with van der Waals surface area (Å²) < 4.78 is 0.